The lowest BCUT2D eigenvalue weighted by Gasteiger charge is -2.07. The van der Waals surface area contributed by atoms with Crippen molar-refractivity contribution in [3.05, 3.63) is 103 Å². The highest BCUT2D eigenvalue weighted by Gasteiger charge is 2.17. The average Bonchev–Trinajstić information content (AvgIpc) is 3.21. The molecule has 0 saturated carbocycles. The smallest absolute Gasteiger partial charge is 0.336 e. The predicted octanol–water partition coefficient (Wildman–Crippen LogP) is 2.34. The van der Waals surface area contributed by atoms with E-state index in [1.807, 2.05) is 0 Å². The summed E-state index contributed by atoms with van der Waals surface area (Å²) in [5.41, 5.74) is 0.909. The topological polar surface area (TPSA) is 85.5 Å². The molecule has 0 fully saturated rings. The van der Waals surface area contributed by atoms with E-state index in [-0.39, 0.29) is 12.5 Å². The normalized spacial score (nSPS) is 11.0. The summed E-state index contributed by atoms with van der Waals surface area (Å²) in [7, 11) is 0. The van der Waals surface area contributed by atoms with Crippen LogP contribution in [-0.2, 0) is 13.1 Å². The zero-order valence-electron chi connectivity index (χ0n) is 16.0. The van der Waals surface area contributed by atoms with Gasteiger partial charge >= 0.3 is 5.69 Å². The molecule has 0 unspecified atom stereocenters. The van der Waals surface area contributed by atoms with Gasteiger partial charge in [-0.15, -0.1) is 11.3 Å². The zero-order valence-corrected chi connectivity index (χ0v) is 16.8. The van der Waals surface area contributed by atoms with Gasteiger partial charge in [0, 0.05) is 30.7 Å². The summed E-state index contributed by atoms with van der Waals surface area (Å²) in [6.07, 6.45) is 4.72. The Labute approximate surface area is 174 Å². The molecule has 4 aromatic rings. The molecule has 1 amide bonds. The summed E-state index contributed by atoms with van der Waals surface area (Å²) < 4.78 is 15.5. The molecule has 30 heavy (non-hydrogen) atoms. The van der Waals surface area contributed by atoms with E-state index in [1.54, 1.807) is 31.5 Å². The molecule has 7 nitrogen and oxygen atoms in total. The van der Waals surface area contributed by atoms with Crippen LogP contribution >= 0.6 is 11.3 Å². The average molecular weight is 424 g/mol. The van der Waals surface area contributed by atoms with Crippen molar-refractivity contribution in [2.45, 2.75) is 20.0 Å². The van der Waals surface area contributed by atoms with Gasteiger partial charge in [-0.25, -0.2) is 9.18 Å². The van der Waals surface area contributed by atoms with Crippen molar-refractivity contribution in [3.63, 3.8) is 0 Å². The maximum atomic E-state index is 13.1. The Morgan fingerprint density at radius 2 is 1.80 bits per heavy atom. The Bertz CT molecular complexity index is 1340. The molecule has 0 aliphatic rings. The number of pyridine rings is 1. The Balaban J connectivity index is 1.67. The second kappa shape index (κ2) is 8.03. The SMILES string of the molecule is Cc1c(=O)n(Cc2ccc(F)cc2)c(=O)n2cc(C(=O)NCc3ccncc3)sc12. The van der Waals surface area contributed by atoms with Gasteiger partial charge in [0.2, 0.25) is 0 Å². The number of carbonyl (C=O) groups excluding carboxylic acids is 1. The number of hydrogen-bond acceptors (Lipinski definition) is 5. The molecule has 0 aliphatic heterocycles. The van der Waals surface area contributed by atoms with Crippen LogP contribution in [0.1, 0.15) is 26.4 Å². The van der Waals surface area contributed by atoms with Gasteiger partial charge in [0.25, 0.3) is 11.5 Å². The van der Waals surface area contributed by atoms with E-state index in [0.29, 0.717) is 27.4 Å². The Kier molecular flexibility index (Phi) is 5.28. The quantitative estimate of drug-likeness (QED) is 0.533. The van der Waals surface area contributed by atoms with E-state index in [4.69, 9.17) is 0 Å². The summed E-state index contributed by atoms with van der Waals surface area (Å²) in [5, 5.41) is 2.80. The van der Waals surface area contributed by atoms with Crippen LogP contribution in [0, 0.1) is 12.7 Å². The van der Waals surface area contributed by atoms with Crippen molar-refractivity contribution in [2.75, 3.05) is 0 Å². The highest BCUT2D eigenvalue weighted by molar-refractivity contribution is 7.19. The van der Waals surface area contributed by atoms with Crippen LogP contribution in [0.15, 0.2) is 64.6 Å². The van der Waals surface area contributed by atoms with E-state index in [9.17, 15) is 18.8 Å². The van der Waals surface area contributed by atoms with Crippen LogP contribution in [0.4, 0.5) is 4.39 Å². The van der Waals surface area contributed by atoms with Crippen LogP contribution in [0.25, 0.3) is 4.83 Å². The number of halogens is 1. The highest BCUT2D eigenvalue weighted by Crippen LogP contribution is 2.18. The van der Waals surface area contributed by atoms with Gasteiger partial charge in [-0.05, 0) is 42.3 Å². The van der Waals surface area contributed by atoms with Crippen LogP contribution in [0.5, 0.6) is 0 Å². The minimum atomic E-state index is -0.547. The van der Waals surface area contributed by atoms with Crippen molar-refractivity contribution < 1.29 is 9.18 Å². The third-order valence-corrected chi connectivity index (χ3v) is 5.88. The maximum absolute atomic E-state index is 13.1. The first-order valence-corrected chi connectivity index (χ1v) is 9.93. The fourth-order valence-electron chi connectivity index (χ4n) is 3.05. The summed E-state index contributed by atoms with van der Waals surface area (Å²) in [5.74, 6) is -0.730. The van der Waals surface area contributed by atoms with E-state index < -0.39 is 17.1 Å². The number of amides is 1. The van der Waals surface area contributed by atoms with Gasteiger partial charge < -0.3 is 5.32 Å². The number of carbonyl (C=O) groups is 1. The maximum Gasteiger partial charge on any atom is 0.336 e. The van der Waals surface area contributed by atoms with Gasteiger partial charge in [-0.2, -0.15) is 0 Å². The number of hydrogen-bond donors (Lipinski definition) is 1. The molecule has 1 N–H and O–H groups in total. The van der Waals surface area contributed by atoms with Crippen LogP contribution in [0.3, 0.4) is 0 Å². The lowest BCUT2D eigenvalue weighted by molar-refractivity contribution is 0.0954. The lowest BCUT2D eigenvalue weighted by Crippen LogP contribution is -2.38. The lowest BCUT2D eigenvalue weighted by atomic mass is 10.2. The zero-order chi connectivity index (χ0) is 21.3. The highest BCUT2D eigenvalue weighted by atomic mass is 32.1. The van der Waals surface area contributed by atoms with Crippen molar-refractivity contribution in [2.24, 2.45) is 0 Å². The fourth-order valence-corrected chi connectivity index (χ4v) is 4.05. The second-order valence-electron chi connectivity index (χ2n) is 6.73. The van der Waals surface area contributed by atoms with E-state index in [0.717, 1.165) is 21.5 Å². The van der Waals surface area contributed by atoms with Crippen LogP contribution in [-0.4, -0.2) is 19.9 Å². The van der Waals surface area contributed by atoms with Gasteiger partial charge in [-0.1, -0.05) is 12.1 Å². The molecule has 3 aromatic heterocycles. The summed E-state index contributed by atoms with van der Waals surface area (Å²) in [6, 6.07) is 9.19. The first kappa shape index (κ1) is 19.7. The molecule has 152 valence electrons. The molecular formula is C21H17FN4O3S. The van der Waals surface area contributed by atoms with Crippen molar-refractivity contribution in [1.29, 1.82) is 0 Å². The molecule has 0 spiro atoms. The van der Waals surface area contributed by atoms with Gasteiger partial charge in [0.15, 0.2) is 0 Å². The summed E-state index contributed by atoms with van der Waals surface area (Å²) >= 11 is 1.09. The van der Waals surface area contributed by atoms with Gasteiger partial charge in [-0.3, -0.25) is 23.5 Å². The van der Waals surface area contributed by atoms with Crippen molar-refractivity contribution in [3.8, 4) is 0 Å². The third kappa shape index (κ3) is 3.79. The Morgan fingerprint density at radius 1 is 1.10 bits per heavy atom. The first-order chi connectivity index (χ1) is 14.4. The number of fused-ring (bicyclic) bond motifs is 1. The number of aryl methyl sites for hydroxylation is 1. The Hall–Kier alpha value is -3.59. The summed E-state index contributed by atoms with van der Waals surface area (Å²) in [4.78, 5) is 42.9. The molecule has 0 atom stereocenters. The molecule has 0 radical (unpaired) electrons. The van der Waals surface area contributed by atoms with Crippen molar-refractivity contribution in [1.82, 2.24) is 19.3 Å². The van der Waals surface area contributed by atoms with Crippen LogP contribution in [0.2, 0.25) is 0 Å². The number of rotatable bonds is 5. The first-order valence-electron chi connectivity index (χ1n) is 9.11. The molecule has 0 bridgehead atoms. The standard InChI is InChI=1S/C21H17FN4O3S/c1-13-19(28)25(11-15-2-4-16(22)5-3-15)21(29)26-12-17(30-20(13)26)18(27)24-10-14-6-8-23-9-7-14/h2-9,12H,10-11H2,1H3,(H,24,27). The number of nitrogens with zero attached hydrogens (tertiary/aromatic N) is 3. The Morgan fingerprint density at radius 3 is 2.50 bits per heavy atom. The van der Waals surface area contributed by atoms with E-state index in [1.165, 1.54) is 34.9 Å². The molecular weight excluding hydrogens is 407 g/mol. The third-order valence-electron chi connectivity index (χ3n) is 4.68. The number of nitrogens with one attached hydrogen (secondary N) is 1. The van der Waals surface area contributed by atoms with E-state index >= 15 is 0 Å². The largest absolute Gasteiger partial charge is 0.347 e. The molecule has 4 rings (SSSR count). The monoisotopic (exact) mass is 424 g/mol. The number of benzene rings is 1. The fraction of sp³-hybridized carbons (Fsp3) is 0.143. The number of aromatic nitrogens is 3. The van der Waals surface area contributed by atoms with Crippen molar-refractivity contribution >= 4 is 22.1 Å². The molecule has 0 aliphatic carbocycles. The van der Waals surface area contributed by atoms with Gasteiger partial charge in [0.05, 0.1) is 6.54 Å². The molecule has 9 heteroatoms. The second-order valence-corrected chi connectivity index (χ2v) is 7.76. The van der Waals surface area contributed by atoms with E-state index in [2.05, 4.69) is 10.3 Å². The predicted molar refractivity (Wildman–Crippen MR) is 111 cm³/mol. The molecule has 1 aromatic carbocycles. The minimum absolute atomic E-state index is 0.0150. The van der Waals surface area contributed by atoms with Gasteiger partial charge in [0.1, 0.15) is 15.5 Å². The summed E-state index contributed by atoms with van der Waals surface area (Å²) in [6.45, 7) is 1.95. The molecule has 0 saturated heterocycles. The minimum Gasteiger partial charge on any atom is -0.347 e. The number of thiazole rings is 1. The molecule has 3 heterocycles. The van der Waals surface area contributed by atoms with Crippen LogP contribution < -0.4 is 16.6 Å².